The number of hydrogen-bond donors (Lipinski definition) is 1. The fourth-order valence-electron chi connectivity index (χ4n) is 2.58. The van der Waals surface area contributed by atoms with Gasteiger partial charge in [-0.3, -0.25) is 0 Å². The number of aromatic nitrogens is 1. The van der Waals surface area contributed by atoms with Crippen LogP contribution in [0.5, 0.6) is 0 Å². The zero-order valence-corrected chi connectivity index (χ0v) is 12.0. The van der Waals surface area contributed by atoms with Crippen molar-refractivity contribution in [1.82, 2.24) is 4.98 Å². The highest BCUT2D eigenvalue weighted by molar-refractivity contribution is 7.90. The lowest BCUT2D eigenvalue weighted by molar-refractivity contribution is 0.598. The van der Waals surface area contributed by atoms with Gasteiger partial charge in [0, 0.05) is 12.3 Å². The summed E-state index contributed by atoms with van der Waals surface area (Å²) in [5, 5.41) is 3.52. The van der Waals surface area contributed by atoms with E-state index in [1.165, 1.54) is 11.1 Å². The molecular formula is C15H16N2O2S. The molecule has 3 rings (SSSR count). The molecule has 1 heterocycles. The first-order valence-corrected chi connectivity index (χ1v) is 8.41. The van der Waals surface area contributed by atoms with Gasteiger partial charge in [0.25, 0.3) is 0 Å². The summed E-state index contributed by atoms with van der Waals surface area (Å²) < 4.78 is 22.7. The van der Waals surface area contributed by atoms with Gasteiger partial charge in [-0.15, -0.1) is 0 Å². The second-order valence-corrected chi connectivity index (χ2v) is 7.14. The van der Waals surface area contributed by atoms with Crippen molar-refractivity contribution >= 4 is 15.5 Å². The van der Waals surface area contributed by atoms with Crippen molar-refractivity contribution in [3.8, 4) is 0 Å². The molecule has 4 nitrogen and oxygen atoms in total. The molecule has 1 aliphatic rings. The van der Waals surface area contributed by atoms with E-state index in [0.717, 1.165) is 24.8 Å². The highest BCUT2D eigenvalue weighted by Crippen LogP contribution is 2.24. The first kappa shape index (κ1) is 13.1. The van der Waals surface area contributed by atoms with Crippen LogP contribution >= 0.6 is 0 Å². The minimum atomic E-state index is -3.23. The number of anilines is 1. The molecule has 0 fully saturated rings. The van der Waals surface area contributed by atoms with Gasteiger partial charge in [-0.2, -0.15) is 0 Å². The van der Waals surface area contributed by atoms with Gasteiger partial charge < -0.3 is 5.32 Å². The topological polar surface area (TPSA) is 59.1 Å². The average molecular weight is 288 g/mol. The van der Waals surface area contributed by atoms with Crippen LogP contribution in [0.2, 0.25) is 0 Å². The summed E-state index contributed by atoms with van der Waals surface area (Å²) in [6.45, 7) is 0. The lowest BCUT2D eigenvalue weighted by Gasteiger charge is -2.13. The largest absolute Gasteiger partial charge is 0.380 e. The van der Waals surface area contributed by atoms with E-state index in [-0.39, 0.29) is 5.03 Å². The summed E-state index contributed by atoms with van der Waals surface area (Å²) >= 11 is 0. The molecule has 2 aromatic rings. The lowest BCUT2D eigenvalue weighted by atomic mass is 10.1. The molecule has 0 spiro atoms. The Morgan fingerprint density at radius 3 is 2.25 bits per heavy atom. The van der Waals surface area contributed by atoms with E-state index in [1.54, 1.807) is 18.3 Å². The first-order valence-electron chi connectivity index (χ1n) is 6.52. The van der Waals surface area contributed by atoms with Gasteiger partial charge in [0.2, 0.25) is 0 Å². The van der Waals surface area contributed by atoms with Crippen molar-refractivity contribution in [2.24, 2.45) is 0 Å². The van der Waals surface area contributed by atoms with Crippen LogP contribution in [0.3, 0.4) is 0 Å². The van der Waals surface area contributed by atoms with E-state index in [0.29, 0.717) is 6.04 Å². The number of sulfone groups is 1. The van der Waals surface area contributed by atoms with Crippen LogP contribution < -0.4 is 5.32 Å². The van der Waals surface area contributed by atoms with Gasteiger partial charge in [0.1, 0.15) is 0 Å². The average Bonchev–Trinajstić information content (AvgIpc) is 2.80. The maximum Gasteiger partial charge on any atom is 0.192 e. The minimum absolute atomic E-state index is 0.109. The van der Waals surface area contributed by atoms with E-state index in [4.69, 9.17) is 0 Å². The zero-order valence-electron chi connectivity index (χ0n) is 11.2. The van der Waals surface area contributed by atoms with Crippen molar-refractivity contribution in [3.05, 3.63) is 53.7 Å². The van der Waals surface area contributed by atoms with Crippen LogP contribution in [0.1, 0.15) is 11.1 Å². The molecule has 1 aliphatic carbocycles. The van der Waals surface area contributed by atoms with Crippen LogP contribution in [-0.4, -0.2) is 25.7 Å². The zero-order chi connectivity index (χ0) is 14.2. The molecule has 0 amide bonds. The third-order valence-corrected chi connectivity index (χ3v) is 4.54. The van der Waals surface area contributed by atoms with E-state index in [1.807, 2.05) is 0 Å². The highest BCUT2D eigenvalue weighted by atomic mass is 32.2. The highest BCUT2D eigenvalue weighted by Gasteiger charge is 2.20. The summed E-state index contributed by atoms with van der Waals surface area (Å²) in [6.07, 6.45) is 4.73. The van der Waals surface area contributed by atoms with Crippen LogP contribution in [0.15, 0.2) is 47.6 Å². The molecule has 0 unspecified atom stereocenters. The number of hydrogen-bond acceptors (Lipinski definition) is 4. The van der Waals surface area contributed by atoms with Crippen LogP contribution in [0.25, 0.3) is 0 Å². The van der Waals surface area contributed by atoms with Gasteiger partial charge >= 0.3 is 0 Å². The number of pyridine rings is 1. The van der Waals surface area contributed by atoms with Crippen molar-refractivity contribution < 1.29 is 8.42 Å². The molecular weight excluding hydrogens is 272 g/mol. The summed E-state index contributed by atoms with van der Waals surface area (Å²) in [5.41, 5.74) is 3.62. The normalized spacial score (nSPS) is 15.1. The van der Waals surface area contributed by atoms with E-state index >= 15 is 0 Å². The first-order chi connectivity index (χ1) is 9.52. The molecule has 0 aliphatic heterocycles. The summed E-state index contributed by atoms with van der Waals surface area (Å²) in [4.78, 5) is 3.99. The molecule has 20 heavy (non-hydrogen) atoms. The van der Waals surface area contributed by atoms with E-state index in [2.05, 4.69) is 34.6 Å². The Morgan fingerprint density at radius 1 is 1.10 bits per heavy atom. The van der Waals surface area contributed by atoms with Crippen molar-refractivity contribution in [3.63, 3.8) is 0 Å². The summed E-state index contributed by atoms with van der Waals surface area (Å²) in [7, 11) is -3.23. The molecule has 0 saturated carbocycles. The number of nitrogens with zero attached hydrogens (tertiary/aromatic N) is 1. The quantitative estimate of drug-likeness (QED) is 0.939. The molecule has 5 heteroatoms. The van der Waals surface area contributed by atoms with Crippen molar-refractivity contribution in [1.29, 1.82) is 0 Å². The van der Waals surface area contributed by atoms with Crippen molar-refractivity contribution in [2.75, 3.05) is 11.6 Å². The molecule has 0 radical (unpaired) electrons. The smallest absolute Gasteiger partial charge is 0.192 e. The number of nitrogens with one attached hydrogen (secondary N) is 1. The fourth-order valence-corrected chi connectivity index (χ4v) is 3.14. The maximum absolute atomic E-state index is 11.4. The molecule has 1 N–H and O–H groups in total. The maximum atomic E-state index is 11.4. The molecule has 0 atom stereocenters. The Bertz CT molecular complexity index is 699. The van der Waals surface area contributed by atoms with Gasteiger partial charge in [0.15, 0.2) is 14.9 Å². The van der Waals surface area contributed by atoms with Gasteiger partial charge in [-0.25, -0.2) is 13.4 Å². The Balaban J connectivity index is 1.71. The molecule has 1 aromatic heterocycles. The lowest BCUT2D eigenvalue weighted by Crippen LogP contribution is -2.19. The fraction of sp³-hybridized carbons (Fsp3) is 0.267. The third-order valence-electron chi connectivity index (χ3n) is 3.54. The monoisotopic (exact) mass is 288 g/mol. The number of rotatable bonds is 3. The Morgan fingerprint density at radius 2 is 1.75 bits per heavy atom. The predicted molar refractivity (Wildman–Crippen MR) is 78.6 cm³/mol. The molecule has 1 aromatic carbocycles. The third kappa shape index (κ3) is 2.67. The van der Waals surface area contributed by atoms with Gasteiger partial charge in [0.05, 0.1) is 11.9 Å². The Hall–Kier alpha value is -1.88. The van der Waals surface area contributed by atoms with Gasteiger partial charge in [-0.1, -0.05) is 24.3 Å². The molecule has 104 valence electrons. The molecule has 0 bridgehead atoms. The second kappa shape index (κ2) is 4.90. The van der Waals surface area contributed by atoms with Gasteiger partial charge in [-0.05, 0) is 36.1 Å². The predicted octanol–water partition coefficient (Wildman–Crippen LogP) is 2.06. The van der Waals surface area contributed by atoms with Crippen LogP contribution in [0, 0.1) is 0 Å². The van der Waals surface area contributed by atoms with Crippen LogP contribution in [-0.2, 0) is 22.7 Å². The molecule has 0 saturated heterocycles. The van der Waals surface area contributed by atoms with E-state index < -0.39 is 9.84 Å². The number of benzene rings is 1. The Kier molecular flexibility index (Phi) is 3.22. The van der Waals surface area contributed by atoms with Crippen LogP contribution in [0.4, 0.5) is 5.69 Å². The number of fused-ring (bicyclic) bond motifs is 1. The summed E-state index contributed by atoms with van der Waals surface area (Å²) in [5.74, 6) is 0. The minimum Gasteiger partial charge on any atom is -0.380 e. The second-order valence-electron chi connectivity index (χ2n) is 5.18. The Labute approximate surface area is 118 Å². The van der Waals surface area contributed by atoms with E-state index in [9.17, 15) is 8.42 Å². The summed E-state index contributed by atoms with van der Waals surface area (Å²) in [6, 6.07) is 12.1. The standard InChI is InChI=1S/C15H16N2O2S/c1-20(18,19)15-7-6-13(10-16-15)17-14-8-11-4-2-3-5-12(11)9-14/h2-7,10,14,17H,8-9H2,1H3. The van der Waals surface area contributed by atoms with Crippen molar-refractivity contribution in [2.45, 2.75) is 23.9 Å². The SMILES string of the molecule is CS(=O)(=O)c1ccc(NC2Cc3ccccc3C2)cn1.